The van der Waals surface area contributed by atoms with Gasteiger partial charge in [0.25, 0.3) is 0 Å². The molecule has 1 fully saturated rings. The Morgan fingerprint density at radius 2 is 2.23 bits per heavy atom. The molecular weight excluding hydrogens is 172 g/mol. The van der Waals surface area contributed by atoms with Crippen LogP contribution in [-0.2, 0) is 9.53 Å². The van der Waals surface area contributed by atoms with Crippen LogP contribution in [0.1, 0.15) is 12.8 Å². The van der Waals surface area contributed by atoms with E-state index in [1.165, 1.54) is 0 Å². The van der Waals surface area contributed by atoms with Crippen molar-refractivity contribution in [1.82, 2.24) is 10.6 Å². The second-order valence-electron chi connectivity index (χ2n) is 2.57. The molecule has 5 nitrogen and oxygen atoms in total. The summed E-state index contributed by atoms with van der Waals surface area (Å²) >= 11 is 0. The molecule has 2 amide bonds. The third-order valence-electron chi connectivity index (χ3n) is 1.50. The summed E-state index contributed by atoms with van der Waals surface area (Å²) in [6.07, 6.45) is 4.88. The number of nitrogens with one attached hydrogen (secondary N) is 2. The molecule has 2 N–H and O–H groups in total. The Kier molecular flexibility index (Phi) is 3.81. The number of hydrogen-bond donors (Lipinski definition) is 2. The SMILES string of the molecule is O=C1CCC=CN1.O=C1NCCO1. The van der Waals surface area contributed by atoms with Crippen LogP contribution >= 0.6 is 0 Å². The predicted molar refractivity (Wildman–Crippen MR) is 45.9 cm³/mol. The van der Waals surface area contributed by atoms with Crippen LogP contribution in [0.25, 0.3) is 0 Å². The maximum absolute atomic E-state index is 10.3. The van der Waals surface area contributed by atoms with Gasteiger partial charge in [0.1, 0.15) is 6.61 Å². The predicted octanol–water partition coefficient (Wildman–Crippen LogP) is 0.136. The monoisotopic (exact) mass is 184 g/mol. The molecular formula is C8H12N2O3. The van der Waals surface area contributed by atoms with Crippen molar-refractivity contribution in [3.05, 3.63) is 12.3 Å². The van der Waals surface area contributed by atoms with Gasteiger partial charge in [0.05, 0.1) is 6.54 Å². The summed E-state index contributed by atoms with van der Waals surface area (Å²) in [5.41, 5.74) is 0. The second kappa shape index (κ2) is 5.18. The minimum Gasteiger partial charge on any atom is -0.448 e. The Balaban J connectivity index is 0.000000132. The normalized spacial score (nSPS) is 19.4. The molecule has 0 aromatic rings. The van der Waals surface area contributed by atoms with Crippen molar-refractivity contribution in [3.63, 3.8) is 0 Å². The highest BCUT2D eigenvalue weighted by Gasteiger charge is 2.06. The molecule has 2 rings (SSSR count). The summed E-state index contributed by atoms with van der Waals surface area (Å²) in [5, 5.41) is 5.02. The number of amides is 2. The van der Waals surface area contributed by atoms with Gasteiger partial charge in [0.15, 0.2) is 0 Å². The molecule has 0 aromatic carbocycles. The number of rotatable bonds is 0. The fourth-order valence-corrected chi connectivity index (χ4v) is 0.870. The van der Waals surface area contributed by atoms with Gasteiger partial charge in [-0.25, -0.2) is 4.79 Å². The molecule has 5 heteroatoms. The smallest absolute Gasteiger partial charge is 0.407 e. The van der Waals surface area contributed by atoms with Gasteiger partial charge in [-0.05, 0) is 12.6 Å². The van der Waals surface area contributed by atoms with Gasteiger partial charge in [0.2, 0.25) is 5.91 Å². The minimum absolute atomic E-state index is 0.127. The zero-order valence-electron chi connectivity index (χ0n) is 7.21. The third-order valence-corrected chi connectivity index (χ3v) is 1.50. The minimum atomic E-state index is -0.296. The number of hydrogen-bond acceptors (Lipinski definition) is 3. The van der Waals surface area contributed by atoms with Crippen molar-refractivity contribution >= 4 is 12.0 Å². The van der Waals surface area contributed by atoms with Gasteiger partial charge in [-0.15, -0.1) is 0 Å². The topological polar surface area (TPSA) is 67.4 Å². The average Bonchev–Trinajstić information content (AvgIpc) is 2.58. The van der Waals surface area contributed by atoms with Crippen molar-refractivity contribution in [2.24, 2.45) is 0 Å². The first-order chi connectivity index (χ1) is 6.29. The molecule has 2 aliphatic heterocycles. The zero-order chi connectivity index (χ0) is 9.52. The Hall–Kier alpha value is -1.52. The Morgan fingerprint density at radius 3 is 2.46 bits per heavy atom. The van der Waals surface area contributed by atoms with E-state index in [4.69, 9.17) is 0 Å². The van der Waals surface area contributed by atoms with Crippen LogP contribution in [-0.4, -0.2) is 25.2 Å². The van der Waals surface area contributed by atoms with Crippen molar-refractivity contribution in [2.75, 3.05) is 13.2 Å². The third kappa shape index (κ3) is 4.15. The Bertz CT molecular complexity index is 217. The summed E-state index contributed by atoms with van der Waals surface area (Å²) in [4.78, 5) is 20.2. The molecule has 1 saturated heterocycles. The van der Waals surface area contributed by atoms with E-state index in [2.05, 4.69) is 15.4 Å². The summed E-state index contributed by atoms with van der Waals surface area (Å²) in [7, 11) is 0. The van der Waals surface area contributed by atoms with E-state index >= 15 is 0 Å². The van der Waals surface area contributed by atoms with Crippen LogP contribution < -0.4 is 10.6 Å². The molecule has 0 saturated carbocycles. The van der Waals surface area contributed by atoms with E-state index in [0.29, 0.717) is 19.6 Å². The molecule has 0 unspecified atom stereocenters. The molecule has 0 radical (unpaired) electrons. The molecule has 2 aliphatic rings. The number of cyclic esters (lactones) is 1. The summed E-state index contributed by atoms with van der Waals surface area (Å²) < 4.78 is 4.40. The van der Waals surface area contributed by atoms with Gasteiger partial charge < -0.3 is 15.4 Å². The van der Waals surface area contributed by atoms with Crippen LogP contribution in [0.2, 0.25) is 0 Å². The van der Waals surface area contributed by atoms with Crippen molar-refractivity contribution in [3.8, 4) is 0 Å². The Morgan fingerprint density at radius 1 is 1.38 bits per heavy atom. The first-order valence-electron chi connectivity index (χ1n) is 4.14. The number of carbonyl (C=O) groups excluding carboxylic acids is 2. The lowest BCUT2D eigenvalue weighted by molar-refractivity contribution is -0.120. The van der Waals surface area contributed by atoms with E-state index in [9.17, 15) is 9.59 Å². The maximum Gasteiger partial charge on any atom is 0.407 e. The van der Waals surface area contributed by atoms with E-state index < -0.39 is 0 Å². The lowest BCUT2D eigenvalue weighted by atomic mass is 10.2. The number of alkyl carbamates (subject to hydrolysis) is 1. The van der Waals surface area contributed by atoms with Crippen molar-refractivity contribution in [2.45, 2.75) is 12.8 Å². The van der Waals surface area contributed by atoms with Crippen LogP contribution in [0.5, 0.6) is 0 Å². The highest BCUT2D eigenvalue weighted by Crippen LogP contribution is 1.94. The van der Waals surface area contributed by atoms with Crippen LogP contribution in [0, 0.1) is 0 Å². The number of carbonyl (C=O) groups is 2. The highest BCUT2D eigenvalue weighted by atomic mass is 16.6. The zero-order valence-corrected chi connectivity index (χ0v) is 7.21. The van der Waals surface area contributed by atoms with Gasteiger partial charge in [-0.2, -0.15) is 0 Å². The standard InChI is InChI=1S/C5H7NO.C3H5NO2/c7-5-3-1-2-4-6-5;5-3-4-1-2-6-3/h2,4H,1,3H2,(H,6,7);1-2H2,(H,4,5). The lowest BCUT2D eigenvalue weighted by Gasteiger charge is -2.00. The van der Waals surface area contributed by atoms with Crippen LogP contribution in [0.3, 0.4) is 0 Å². The lowest BCUT2D eigenvalue weighted by Crippen LogP contribution is -2.18. The Labute approximate surface area is 76.1 Å². The molecule has 0 bridgehead atoms. The van der Waals surface area contributed by atoms with Gasteiger partial charge in [-0.1, -0.05) is 6.08 Å². The first kappa shape index (κ1) is 9.57. The van der Waals surface area contributed by atoms with Gasteiger partial charge in [-0.3, -0.25) is 4.79 Å². The molecule has 0 aromatic heterocycles. The molecule has 2 heterocycles. The fraction of sp³-hybridized carbons (Fsp3) is 0.500. The molecule has 13 heavy (non-hydrogen) atoms. The van der Waals surface area contributed by atoms with Crippen molar-refractivity contribution < 1.29 is 14.3 Å². The first-order valence-corrected chi connectivity index (χ1v) is 4.14. The quantitative estimate of drug-likeness (QED) is 0.562. The second-order valence-corrected chi connectivity index (χ2v) is 2.57. The van der Waals surface area contributed by atoms with E-state index in [1.807, 2.05) is 6.08 Å². The molecule has 72 valence electrons. The van der Waals surface area contributed by atoms with E-state index in [1.54, 1.807) is 6.20 Å². The maximum atomic E-state index is 10.3. The van der Waals surface area contributed by atoms with Crippen LogP contribution in [0.4, 0.5) is 4.79 Å². The van der Waals surface area contributed by atoms with Gasteiger partial charge in [0, 0.05) is 6.42 Å². The summed E-state index contributed by atoms with van der Waals surface area (Å²) in [5.74, 6) is 0.127. The molecule has 0 atom stereocenters. The van der Waals surface area contributed by atoms with Gasteiger partial charge >= 0.3 is 6.09 Å². The number of ether oxygens (including phenoxy) is 1. The fourth-order valence-electron chi connectivity index (χ4n) is 0.870. The highest BCUT2D eigenvalue weighted by molar-refractivity contribution is 5.77. The molecule has 0 aliphatic carbocycles. The molecule has 0 spiro atoms. The van der Waals surface area contributed by atoms with Crippen LogP contribution in [0.15, 0.2) is 12.3 Å². The number of allylic oxidation sites excluding steroid dienone is 1. The van der Waals surface area contributed by atoms with Crippen molar-refractivity contribution in [1.29, 1.82) is 0 Å². The largest absolute Gasteiger partial charge is 0.448 e. The summed E-state index contributed by atoms with van der Waals surface area (Å²) in [6.45, 7) is 1.19. The van der Waals surface area contributed by atoms with E-state index in [0.717, 1.165) is 6.42 Å². The van der Waals surface area contributed by atoms with E-state index in [-0.39, 0.29) is 12.0 Å². The average molecular weight is 184 g/mol. The summed E-state index contributed by atoms with van der Waals surface area (Å²) in [6, 6.07) is 0.